The van der Waals surface area contributed by atoms with Crippen molar-refractivity contribution in [3.8, 4) is 0 Å². The minimum atomic E-state index is -0.170. The predicted octanol–water partition coefficient (Wildman–Crippen LogP) is 3.26. The molecule has 4 rings (SSSR count). The Morgan fingerprint density at radius 3 is 1.61 bits per heavy atom. The Morgan fingerprint density at radius 1 is 0.750 bits per heavy atom. The fraction of sp³-hybridized carbons (Fsp3) is 0.909. The van der Waals surface area contributed by atoms with Gasteiger partial charge in [0, 0.05) is 24.7 Å². The molecule has 0 aromatic carbocycles. The van der Waals surface area contributed by atoms with Gasteiger partial charge in [0.05, 0.1) is 37.6 Å². The number of hydrogen-bond donors (Lipinski definition) is 0. The third-order valence-corrected chi connectivity index (χ3v) is 7.25. The second-order valence-electron chi connectivity index (χ2n) is 9.29. The summed E-state index contributed by atoms with van der Waals surface area (Å²) >= 11 is 0. The van der Waals surface area contributed by atoms with Gasteiger partial charge in [0.25, 0.3) is 0 Å². The zero-order valence-corrected chi connectivity index (χ0v) is 17.1. The summed E-state index contributed by atoms with van der Waals surface area (Å²) in [7, 11) is 0. The molecule has 8 unspecified atom stereocenters. The second kappa shape index (κ2) is 8.70. The van der Waals surface area contributed by atoms with Crippen molar-refractivity contribution in [2.75, 3.05) is 13.2 Å². The molecule has 6 heteroatoms. The lowest BCUT2D eigenvalue weighted by Crippen LogP contribution is -2.30. The standard InChI is InChI=1S/C22H34O6/c1-13-7-9-17-21(27-17)15(13)11-25-19(23)5-3-4-6-20(24)26-12-16-14(2)8-10-18-22(16)28-18/h13-18,21-22H,3-12H2,1-2H3. The maximum absolute atomic E-state index is 12.0. The predicted molar refractivity (Wildman–Crippen MR) is 101 cm³/mol. The van der Waals surface area contributed by atoms with Crippen LogP contribution in [0.3, 0.4) is 0 Å². The average molecular weight is 395 g/mol. The van der Waals surface area contributed by atoms with Crippen molar-refractivity contribution in [2.45, 2.75) is 89.6 Å². The first-order chi connectivity index (χ1) is 13.5. The lowest BCUT2D eigenvalue weighted by Gasteiger charge is -2.25. The maximum Gasteiger partial charge on any atom is 0.305 e. The van der Waals surface area contributed by atoms with Gasteiger partial charge in [-0.25, -0.2) is 0 Å². The van der Waals surface area contributed by atoms with Gasteiger partial charge in [0.15, 0.2) is 0 Å². The van der Waals surface area contributed by atoms with E-state index >= 15 is 0 Å². The number of carbonyl (C=O) groups excluding carboxylic acids is 2. The molecule has 2 aliphatic heterocycles. The number of hydrogen-bond acceptors (Lipinski definition) is 6. The summed E-state index contributed by atoms with van der Waals surface area (Å²) in [5, 5.41) is 0. The van der Waals surface area contributed by atoms with Crippen molar-refractivity contribution in [1.82, 2.24) is 0 Å². The molecule has 2 heterocycles. The molecule has 158 valence electrons. The lowest BCUT2D eigenvalue weighted by atomic mass is 9.81. The van der Waals surface area contributed by atoms with E-state index in [1.807, 2.05) is 0 Å². The summed E-state index contributed by atoms with van der Waals surface area (Å²) in [6.45, 7) is 5.36. The molecular weight excluding hydrogens is 360 g/mol. The van der Waals surface area contributed by atoms with E-state index in [0.717, 1.165) is 25.7 Å². The van der Waals surface area contributed by atoms with Crippen LogP contribution in [0.5, 0.6) is 0 Å². The highest BCUT2D eigenvalue weighted by Crippen LogP contribution is 2.44. The zero-order chi connectivity index (χ0) is 19.7. The molecule has 0 spiro atoms. The molecule has 0 N–H and O–H groups in total. The lowest BCUT2D eigenvalue weighted by molar-refractivity contribution is -0.148. The van der Waals surface area contributed by atoms with E-state index in [9.17, 15) is 9.59 Å². The van der Waals surface area contributed by atoms with Gasteiger partial charge in [-0.15, -0.1) is 0 Å². The van der Waals surface area contributed by atoms with Gasteiger partial charge in [0.1, 0.15) is 0 Å². The van der Waals surface area contributed by atoms with Gasteiger partial charge in [0.2, 0.25) is 0 Å². The third kappa shape index (κ3) is 4.88. The van der Waals surface area contributed by atoms with E-state index < -0.39 is 0 Å². The van der Waals surface area contributed by atoms with Crippen molar-refractivity contribution >= 4 is 11.9 Å². The Labute approximate surface area is 167 Å². The number of fused-ring (bicyclic) bond motifs is 2. The van der Waals surface area contributed by atoms with Crippen LogP contribution in [0.2, 0.25) is 0 Å². The van der Waals surface area contributed by atoms with Crippen LogP contribution in [-0.2, 0) is 28.5 Å². The van der Waals surface area contributed by atoms with E-state index in [4.69, 9.17) is 18.9 Å². The summed E-state index contributed by atoms with van der Waals surface area (Å²) in [6, 6.07) is 0. The van der Waals surface area contributed by atoms with Crippen LogP contribution >= 0.6 is 0 Å². The SMILES string of the molecule is CC1CCC2OC2C1COC(=O)CCCCC(=O)OCC1C(C)CCC2OC21. The number of carbonyl (C=O) groups is 2. The fourth-order valence-corrected chi connectivity index (χ4v) is 5.04. The number of rotatable bonds is 9. The van der Waals surface area contributed by atoms with Gasteiger partial charge < -0.3 is 18.9 Å². The average Bonchev–Trinajstić information content (AvgIpc) is 3.57. The highest BCUT2D eigenvalue weighted by molar-refractivity contribution is 5.70. The highest BCUT2D eigenvalue weighted by atomic mass is 16.6. The van der Waals surface area contributed by atoms with Crippen LogP contribution in [0.1, 0.15) is 65.2 Å². The third-order valence-electron chi connectivity index (χ3n) is 7.25. The van der Waals surface area contributed by atoms with Crippen molar-refractivity contribution in [3.63, 3.8) is 0 Å². The molecule has 0 bridgehead atoms. The summed E-state index contributed by atoms with van der Waals surface area (Å²) < 4.78 is 22.2. The molecule has 8 atom stereocenters. The van der Waals surface area contributed by atoms with Crippen molar-refractivity contribution in [2.24, 2.45) is 23.7 Å². The Morgan fingerprint density at radius 2 is 1.18 bits per heavy atom. The molecule has 2 aliphatic carbocycles. The van der Waals surface area contributed by atoms with Crippen LogP contribution in [-0.4, -0.2) is 49.6 Å². The number of epoxide rings is 2. The maximum atomic E-state index is 12.0. The van der Waals surface area contributed by atoms with E-state index in [2.05, 4.69) is 13.8 Å². The van der Waals surface area contributed by atoms with Crippen LogP contribution in [0.15, 0.2) is 0 Å². The molecule has 4 fully saturated rings. The molecule has 0 aromatic rings. The molecule has 2 saturated carbocycles. The Hall–Kier alpha value is -1.14. The summed E-state index contributed by atoms with van der Waals surface area (Å²) in [6.07, 6.45) is 8.03. The van der Waals surface area contributed by atoms with Gasteiger partial charge in [-0.05, 0) is 50.4 Å². The molecule has 0 amide bonds. The van der Waals surface area contributed by atoms with Gasteiger partial charge in [-0.3, -0.25) is 9.59 Å². The molecule has 0 radical (unpaired) electrons. The summed E-state index contributed by atoms with van der Waals surface area (Å²) in [5.74, 6) is 1.45. The molecule has 28 heavy (non-hydrogen) atoms. The van der Waals surface area contributed by atoms with E-state index in [-0.39, 0.29) is 11.9 Å². The van der Waals surface area contributed by atoms with Crippen LogP contribution < -0.4 is 0 Å². The molecule has 4 aliphatic rings. The Kier molecular flexibility index (Phi) is 6.26. The topological polar surface area (TPSA) is 77.7 Å². The van der Waals surface area contributed by atoms with E-state index in [1.54, 1.807) is 0 Å². The van der Waals surface area contributed by atoms with Gasteiger partial charge in [-0.2, -0.15) is 0 Å². The zero-order valence-electron chi connectivity index (χ0n) is 17.1. The Bertz CT molecular complexity index is 523. The second-order valence-corrected chi connectivity index (χ2v) is 9.29. The quantitative estimate of drug-likeness (QED) is 0.339. The Balaban J connectivity index is 1.04. The largest absolute Gasteiger partial charge is 0.465 e. The summed E-state index contributed by atoms with van der Waals surface area (Å²) in [5.41, 5.74) is 0. The van der Waals surface area contributed by atoms with Crippen LogP contribution in [0.25, 0.3) is 0 Å². The van der Waals surface area contributed by atoms with Gasteiger partial charge >= 0.3 is 11.9 Å². The molecule has 2 saturated heterocycles. The monoisotopic (exact) mass is 394 g/mol. The number of esters is 2. The van der Waals surface area contributed by atoms with E-state index in [0.29, 0.717) is 87.0 Å². The first kappa shape index (κ1) is 20.1. The minimum Gasteiger partial charge on any atom is -0.465 e. The van der Waals surface area contributed by atoms with Gasteiger partial charge in [-0.1, -0.05) is 13.8 Å². The summed E-state index contributed by atoms with van der Waals surface area (Å²) in [4.78, 5) is 23.9. The first-order valence-electron chi connectivity index (χ1n) is 11.1. The molecule has 0 aromatic heterocycles. The number of ether oxygens (including phenoxy) is 4. The first-order valence-corrected chi connectivity index (χ1v) is 11.1. The molecule has 6 nitrogen and oxygen atoms in total. The number of unbranched alkanes of at least 4 members (excludes halogenated alkanes) is 1. The molecular formula is C22H34O6. The van der Waals surface area contributed by atoms with Crippen molar-refractivity contribution in [3.05, 3.63) is 0 Å². The minimum absolute atomic E-state index is 0.170. The van der Waals surface area contributed by atoms with Crippen molar-refractivity contribution < 1.29 is 28.5 Å². The fourth-order valence-electron chi connectivity index (χ4n) is 5.04. The van der Waals surface area contributed by atoms with Crippen LogP contribution in [0.4, 0.5) is 0 Å². The smallest absolute Gasteiger partial charge is 0.305 e. The van der Waals surface area contributed by atoms with E-state index in [1.165, 1.54) is 0 Å². The highest BCUT2D eigenvalue weighted by Gasteiger charge is 2.51. The normalized spacial score (nSPS) is 40.8. The van der Waals surface area contributed by atoms with Crippen LogP contribution in [0, 0.1) is 23.7 Å². The van der Waals surface area contributed by atoms with Crippen molar-refractivity contribution in [1.29, 1.82) is 0 Å².